The van der Waals surface area contributed by atoms with Crippen LogP contribution in [0.15, 0.2) is 23.1 Å². The molecule has 4 amide bonds. The van der Waals surface area contributed by atoms with Crippen LogP contribution in [0.5, 0.6) is 0 Å². The summed E-state index contributed by atoms with van der Waals surface area (Å²) in [7, 11) is -4.00. The smallest absolute Gasteiger partial charge is 0.263 e. The zero-order valence-electron chi connectivity index (χ0n) is 21.9. The third kappa shape index (κ3) is 8.99. The summed E-state index contributed by atoms with van der Waals surface area (Å²) in [4.78, 5) is 50.2. The molecule has 2 heterocycles. The van der Waals surface area contributed by atoms with Crippen molar-refractivity contribution in [3.8, 4) is 0 Å². The number of benzene rings is 1. The fraction of sp³-hybridized carbons (Fsp3) is 0.600. The van der Waals surface area contributed by atoms with Gasteiger partial charge in [-0.15, -0.1) is 0 Å². The molecule has 0 saturated carbocycles. The number of hydrogen-bond acceptors (Lipinski definition) is 11. The Balaban J connectivity index is 1.36. The number of nitrogens with one attached hydrogen (secondary N) is 1. The van der Waals surface area contributed by atoms with Crippen LogP contribution >= 0.6 is 22.6 Å². The number of carbonyl (C=O) groups excluding carboxylic acids is 4. The number of ether oxygens (including phenoxy) is 5. The normalized spacial score (nSPS) is 17.4. The lowest BCUT2D eigenvalue weighted by Gasteiger charge is -2.27. The van der Waals surface area contributed by atoms with E-state index in [1.807, 2.05) is 0 Å². The Kier molecular flexibility index (Phi) is 13.3. The highest BCUT2D eigenvalue weighted by Gasteiger charge is 2.46. The molecule has 1 unspecified atom stereocenters. The summed E-state index contributed by atoms with van der Waals surface area (Å²) in [6, 6.07) is 2.78. The molecule has 0 bridgehead atoms. The van der Waals surface area contributed by atoms with Gasteiger partial charge in [-0.05, 0) is 18.6 Å². The summed E-state index contributed by atoms with van der Waals surface area (Å²) in [5.41, 5.74) is -0.366. The third-order valence-electron chi connectivity index (χ3n) is 5.97. The minimum Gasteiger partial charge on any atom is -0.378 e. The summed E-state index contributed by atoms with van der Waals surface area (Å²) in [5.74, 6) is -3.33. The van der Waals surface area contributed by atoms with E-state index in [0.29, 0.717) is 46.2 Å². The first-order chi connectivity index (χ1) is 19.3. The van der Waals surface area contributed by atoms with E-state index < -0.39 is 45.3 Å². The molecule has 1 aromatic rings. The number of hydrogen-bond donors (Lipinski definition) is 1. The molecule has 2 aliphatic rings. The van der Waals surface area contributed by atoms with Crippen molar-refractivity contribution in [1.82, 2.24) is 10.2 Å². The van der Waals surface area contributed by atoms with E-state index in [0.717, 1.165) is 9.33 Å². The number of piperidine rings is 1. The van der Waals surface area contributed by atoms with Crippen LogP contribution < -0.4 is 5.32 Å². The lowest BCUT2D eigenvalue weighted by molar-refractivity contribution is -0.136. The van der Waals surface area contributed by atoms with Gasteiger partial charge in [0.1, 0.15) is 6.04 Å². The number of amides is 4. The molecular formula is C25H33IN2O11S. The van der Waals surface area contributed by atoms with Crippen molar-refractivity contribution < 1.29 is 51.3 Å². The van der Waals surface area contributed by atoms with E-state index >= 15 is 0 Å². The van der Waals surface area contributed by atoms with Crippen molar-refractivity contribution in [3.05, 3.63) is 29.3 Å². The van der Waals surface area contributed by atoms with Crippen LogP contribution in [0.25, 0.3) is 0 Å². The molecule has 13 nitrogen and oxygen atoms in total. The molecule has 1 N–H and O–H groups in total. The largest absolute Gasteiger partial charge is 0.378 e. The predicted octanol–water partition coefficient (Wildman–Crippen LogP) is 0.380. The molecule has 1 fully saturated rings. The van der Waals surface area contributed by atoms with Crippen LogP contribution in [0.4, 0.5) is 0 Å². The van der Waals surface area contributed by atoms with E-state index in [2.05, 4.69) is 27.9 Å². The molecule has 40 heavy (non-hydrogen) atoms. The highest BCUT2D eigenvalue weighted by molar-refractivity contribution is 14.1. The van der Waals surface area contributed by atoms with Gasteiger partial charge >= 0.3 is 0 Å². The van der Waals surface area contributed by atoms with Crippen LogP contribution in [0, 0.1) is 0 Å². The Morgan fingerprint density at radius 1 is 0.800 bits per heavy atom. The number of imide groups is 2. The van der Waals surface area contributed by atoms with E-state index in [1.54, 1.807) is 0 Å². The zero-order chi connectivity index (χ0) is 29.0. The van der Waals surface area contributed by atoms with Crippen LogP contribution in [-0.4, -0.2) is 119 Å². The van der Waals surface area contributed by atoms with Crippen molar-refractivity contribution in [1.29, 1.82) is 0 Å². The first-order valence-electron chi connectivity index (χ1n) is 12.8. The molecule has 0 aromatic heterocycles. The van der Waals surface area contributed by atoms with Gasteiger partial charge in [-0.25, -0.2) is 8.42 Å². The third-order valence-corrected chi connectivity index (χ3v) is 8.13. The average Bonchev–Trinajstić information content (AvgIpc) is 3.18. The predicted molar refractivity (Wildman–Crippen MR) is 148 cm³/mol. The molecule has 0 radical (unpaired) electrons. The quantitative estimate of drug-likeness (QED) is 0.0921. The highest BCUT2D eigenvalue weighted by Crippen LogP contribution is 2.32. The van der Waals surface area contributed by atoms with Gasteiger partial charge in [0.05, 0.1) is 87.8 Å². The number of alkyl halides is 1. The first-order valence-corrected chi connectivity index (χ1v) is 16.0. The Bertz CT molecular complexity index is 1160. The second-order valence-electron chi connectivity index (χ2n) is 8.70. The maximum atomic E-state index is 13.1. The molecule has 1 saturated heterocycles. The van der Waals surface area contributed by atoms with Gasteiger partial charge in [-0.2, -0.15) is 0 Å². The number of nitrogens with zero attached hydrogens (tertiary/aromatic N) is 1. The van der Waals surface area contributed by atoms with Gasteiger partial charge in [0.15, 0.2) is 9.84 Å². The SMILES string of the molecule is O=C1CCC(N2C(=O)c3cccc(S(=O)(=O)CCOCCOCCOCCOCCOCCI)c3C2=O)C(=O)N1. The highest BCUT2D eigenvalue weighted by atomic mass is 127. The first kappa shape index (κ1) is 32.5. The summed E-state index contributed by atoms with van der Waals surface area (Å²) >= 11 is 2.24. The molecule has 1 aromatic carbocycles. The van der Waals surface area contributed by atoms with Crippen LogP contribution in [0.2, 0.25) is 0 Å². The summed E-state index contributed by atoms with van der Waals surface area (Å²) in [6.45, 7) is 3.66. The fourth-order valence-electron chi connectivity index (χ4n) is 4.06. The standard InChI is InChI=1S/C25H33IN2O11S/c26-6-7-35-8-9-36-10-11-37-12-13-38-14-15-39-16-17-40(33,34)20-3-1-2-18-22(20)25(32)28(24(18)31)19-4-5-21(29)27-23(19)30/h1-3,19H,4-17H2,(H,27,29,30). The Morgan fingerprint density at radius 3 is 1.90 bits per heavy atom. The van der Waals surface area contributed by atoms with Gasteiger partial charge in [0.25, 0.3) is 11.8 Å². The van der Waals surface area contributed by atoms with Crippen molar-refractivity contribution in [2.45, 2.75) is 23.8 Å². The van der Waals surface area contributed by atoms with Gasteiger partial charge in [0.2, 0.25) is 11.8 Å². The van der Waals surface area contributed by atoms with Crippen LogP contribution in [-0.2, 0) is 43.1 Å². The molecular weight excluding hydrogens is 663 g/mol. The van der Waals surface area contributed by atoms with E-state index in [4.69, 9.17) is 23.7 Å². The molecule has 222 valence electrons. The van der Waals surface area contributed by atoms with Gasteiger partial charge in [-0.3, -0.25) is 29.4 Å². The van der Waals surface area contributed by atoms with E-state index in [9.17, 15) is 27.6 Å². The van der Waals surface area contributed by atoms with Crippen molar-refractivity contribution in [2.75, 3.05) is 76.2 Å². The minimum atomic E-state index is -4.00. The summed E-state index contributed by atoms with van der Waals surface area (Å²) in [6.07, 6.45) is -0.0588. The molecule has 0 aliphatic carbocycles. The van der Waals surface area contributed by atoms with E-state index in [-0.39, 0.29) is 48.7 Å². The molecule has 1 atom stereocenters. The van der Waals surface area contributed by atoms with Gasteiger partial charge in [-0.1, -0.05) is 28.7 Å². The Labute approximate surface area is 246 Å². The number of fused-ring (bicyclic) bond motifs is 1. The summed E-state index contributed by atoms with van der Waals surface area (Å²) in [5, 5.41) is 2.11. The maximum absolute atomic E-state index is 13.1. The molecule has 3 rings (SSSR count). The fourth-order valence-corrected chi connectivity index (χ4v) is 5.72. The van der Waals surface area contributed by atoms with Crippen LogP contribution in [0.3, 0.4) is 0 Å². The topological polar surface area (TPSA) is 164 Å². The lowest BCUT2D eigenvalue weighted by Crippen LogP contribution is -2.54. The second-order valence-corrected chi connectivity index (χ2v) is 11.9. The van der Waals surface area contributed by atoms with Crippen molar-refractivity contribution >= 4 is 56.1 Å². The zero-order valence-corrected chi connectivity index (χ0v) is 24.9. The average molecular weight is 697 g/mol. The Hall–Kier alpha value is -2.02. The van der Waals surface area contributed by atoms with Crippen LogP contribution in [0.1, 0.15) is 33.6 Å². The number of halogens is 1. The number of rotatable bonds is 19. The van der Waals surface area contributed by atoms with E-state index in [1.165, 1.54) is 18.2 Å². The number of sulfone groups is 1. The summed E-state index contributed by atoms with van der Waals surface area (Å²) < 4.78 is 53.8. The molecule has 2 aliphatic heterocycles. The van der Waals surface area contributed by atoms with Gasteiger partial charge < -0.3 is 23.7 Å². The number of carbonyl (C=O) groups is 4. The second kappa shape index (κ2) is 16.4. The molecule has 15 heteroatoms. The minimum absolute atomic E-state index is 0.0243. The van der Waals surface area contributed by atoms with Gasteiger partial charge in [0, 0.05) is 10.8 Å². The Morgan fingerprint density at radius 2 is 1.35 bits per heavy atom. The van der Waals surface area contributed by atoms with Crippen molar-refractivity contribution in [3.63, 3.8) is 0 Å². The van der Waals surface area contributed by atoms with Crippen molar-refractivity contribution in [2.24, 2.45) is 0 Å². The maximum Gasteiger partial charge on any atom is 0.263 e. The lowest BCUT2D eigenvalue weighted by atomic mass is 10.0. The molecule has 0 spiro atoms. The monoisotopic (exact) mass is 696 g/mol.